The van der Waals surface area contributed by atoms with Crippen LogP contribution in [0.5, 0.6) is 0 Å². The lowest BCUT2D eigenvalue weighted by molar-refractivity contribution is -0.148. The fourth-order valence-electron chi connectivity index (χ4n) is 2.45. The van der Waals surface area contributed by atoms with Crippen molar-refractivity contribution in [3.8, 4) is 0 Å². The van der Waals surface area contributed by atoms with E-state index in [9.17, 15) is 22.4 Å². The summed E-state index contributed by atoms with van der Waals surface area (Å²) in [5, 5.41) is 0. The molecule has 0 unspecified atom stereocenters. The molecule has 0 aromatic heterocycles. The van der Waals surface area contributed by atoms with Crippen molar-refractivity contribution in [2.24, 2.45) is 0 Å². The summed E-state index contributed by atoms with van der Waals surface area (Å²) < 4.78 is 44.1. The molecule has 0 N–H and O–H groups in total. The fraction of sp³-hybridized carbons (Fsp3) is 0.333. The number of allylic oxidation sites excluding steroid dienone is 3. The van der Waals surface area contributed by atoms with Gasteiger partial charge in [0.15, 0.2) is 6.61 Å². The van der Waals surface area contributed by atoms with Gasteiger partial charge < -0.3 is 9.64 Å². The highest BCUT2D eigenvalue weighted by atomic mass is 32.2. The monoisotopic (exact) mass is 396 g/mol. The van der Waals surface area contributed by atoms with E-state index in [0.29, 0.717) is 0 Å². The number of benzene rings is 1. The number of ether oxygens (including phenoxy) is 1. The summed E-state index contributed by atoms with van der Waals surface area (Å²) in [7, 11) is -3.74. The highest BCUT2D eigenvalue weighted by molar-refractivity contribution is 7.89. The first kappa shape index (κ1) is 20.8. The molecular formula is C18H21FN2O5S. The molecule has 1 aliphatic rings. The van der Waals surface area contributed by atoms with Crippen LogP contribution in [0.15, 0.2) is 53.5 Å². The van der Waals surface area contributed by atoms with Crippen molar-refractivity contribution in [1.29, 1.82) is 0 Å². The van der Waals surface area contributed by atoms with E-state index in [4.69, 9.17) is 4.74 Å². The van der Waals surface area contributed by atoms with Crippen LogP contribution in [0.25, 0.3) is 0 Å². The number of carbonyl (C=O) groups excluding carboxylic acids is 2. The van der Waals surface area contributed by atoms with Crippen LogP contribution in [-0.2, 0) is 24.3 Å². The maximum atomic E-state index is 13.0. The molecule has 146 valence electrons. The second kappa shape index (κ2) is 9.43. The van der Waals surface area contributed by atoms with Crippen LogP contribution in [-0.4, -0.2) is 62.3 Å². The van der Waals surface area contributed by atoms with Crippen LogP contribution in [0.2, 0.25) is 0 Å². The number of nitrogens with zero attached hydrogens (tertiary/aromatic N) is 2. The average molecular weight is 396 g/mol. The quantitative estimate of drug-likeness (QED) is 0.412. The molecule has 0 aliphatic carbocycles. The Hall–Kier alpha value is -2.52. The summed E-state index contributed by atoms with van der Waals surface area (Å²) in [5.41, 5.74) is 0. The van der Waals surface area contributed by atoms with Crippen molar-refractivity contribution >= 4 is 21.9 Å². The van der Waals surface area contributed by atoms with Crippen LogP contribution in [0.4, 0.5) is 4.39 Å². The lowest BCUT2D eigenvalue weighted by atomic mass is 10.3. The summed E-state index contributed by atoms with van der Waals surface area (Å²) in [6, 6.07) is 4.60. The number of hydrogen-bond donors (Lipinski definition) is 0. The van der Waals surface area contributed by atoms with E-state index in [1.54, 1.807) is 19.1 Å². The van der Waals surface area contributed by atoms with Gasteiger partial charge in [0.2, 0.25) is 10.0 Å². The van der Waals surface area contributed by atoms with E-state index in [1.807, 2.05) is 0 Å². The molecule has 0 spiro atoms. The SMILES string of the molecule is C/C=C/C=C/C(=O)OCC(=O)N1CCN(S(=O)(=O)c2ccc(F)cc2)CC1. The average Bonchev–Trinajstić information content (AvgIpc) is 2.67. The second-order valence-electron chi connectivity index (χ2n) is 5.73. The van der Waals surface area contributed by atoms with Crippen molar-refractivity contribution in [2.75, 3.05) is 32.8 Å². The molecule has 1 amide bonds. The van der Waals surface area contributed by atoms with Crippen LogP contribution >= 0.6 is 0 Å². The zero-order valence-electron chi connectivity index (χ0n) is 14.9. The molecule has 1 heterocycles. The Balaban J connectivity index is 1.86. The molecular weight excluding hydrogens is 375 g/mol. The van der Waals surface area contributed by atoms with Crippen LogP contribution < -0.4 is 0 Å². The number of sulfonamides is 1. The molecule has 7 nitrogen and oxygen atoms in total. The van der Waals surface area contributed by atoms with E-state index in [2.05, 4.69) is 0 Å². The van der Waals surface area contributed by atoms with Gasteiger partial charge in [0.25, 0.3) is 5.91 Å². The van der Waals surface area contributed by atoms with Crippen molar-refractivity contribution in [1.82, 2.24) is 9.21 Å². The first-order chi connectivity index (χ1) is 12.8. The number of amides is 1. The molecule has 9 heteroatoms. The Kier molecular flexibility index (Phi) is 7.26. The molecule has 2 rings (SSSR count). The number of piperazine rings is 1. The molecule has 1 aliphatic heterocycles. The van der Waals surface area contributed by atoms with E-state index < -0.39 is 28.4 Å². The van der Waals surface area contributed by atoms with Gasteiger partial charge in [0, 0.05) is 32.3 Å². The van der Waals surface area contributed by atoms with Gasteiger partial charge >= 0.3 is 5.97 Å². The number of halogens is 1. The van der Waals surface area contributed by atoms with Gasteiger partial charge in [-0.1, -0.05) is 18.2 Å². The van der Waals surface area contributed by atoms with E-state index in [-0.39, 0.29) is 37.0 Å². The topological polar surface area (TPSA) is 84.0 Å². The summed E-state index contributed by atoms with van der Waals surface area (Å²) >= 11 is 0. The fourth-order valence-corrected chi connectivity index (χ4v) is 3.87. The summed E-state index contributed by atoms with van der Waals surface area (Å²) in [4.78, 5) is 25.0. The van der Waals surface area contributed by atoms with Crippen molar-refractivity contribution in [3.63, 3.8) is 0 Å². The van der Waals surface area contributed by atoms with Gasteiger partial charge in [0.1, 0.15) is 5.82 Å². The number of hydrogen-bond acceptors (Lipinski definition) is 5. The van der Waals surface area contributed by atoms with Gasteiger partial charge in [-0.2, -0.15) is 4.31 Å². The maximum absolute atomic E-state index is 13.0. The third-order valence-corrected chi connectivity index (χ3v) is 5.83. The summed E-state index contributed by atoms with van der Waals surface area (Å²) in [6.07, 6.45) is 6.12. The molecule has 0 atom stereocenters. The molecule has 1 aromatic rings. The minimum atomic E-state index is -3.74. The summed E-state index contributed by atoms with van der Waals surface area (Å²) in [5.74, 6) is -1.53. The highest BCUT2D eigenvalue weighted by Crippen LogP contribution is 2.18. The predicted molar refractivity (Wildman–Crippen MR) is 96.7 cm³/mol. The van der Waals surface area contributed by atoms with Crippen LogP contribution in [0.1, 0.15) is 6.92 Å². The van der Waals surface area contributed by atoms with Gasteiger partial charge in [-0.25, -0.2) is 17.6 Å². The molecule has 1 fully saturated rings. The first-order valence-corrected chi connectivity index (χ1v) is 9.78. The predicted octanol–water partition coefficient (Wildman–Crippen LogP) is 1.33. The highest BCUT2D eigenvalue weighted by Gasteiger charge is 2.30. The van der Waals surface area contributed by atoms with Crippen molar-refractivity contribution in [3.05, 3.63) is 54.4 Å². The van der Waals surface area contributed by atoms with Gasteiger partial charge in [-0.3, -0.25) is 4.79 Å². The molecule has 1 saturated heterocycles. The lowest BCUT2D eigenvalue weighted by Crippen LogP contribution is -2.51. The summed E-state index contributed by atoms with van der Waals surface area (Å²) in [6.45, 7) is 2.00. The van der Waals surface area contributed by atoms with E-state index in [0.717, 1.165) is 12.1 Å². The molecule has 1 aromatic carbocycles. The van der Waals surface area contributed by atoms with Crippen LogP contribution in [0, 0.1) is 5.82 Å². The molecule has 0 radical (unpaired) electrons. The molecule has 27 heavy (non-hydrogen) atoms. The van der Waals surface area contributed by atoms with E-state index >= 15 is 0 Å². The standard InChI is InChI=1S/C18H21FN2O5S/c1-2-3-4-5-18(23)26-14-17(22)20-10-12-21(13-11-20)27(24,25)16-8-6-15(19)7-9-16/h2-9H,10-14H2,1H3/b3-2+,5-4+. The minimum Gasteiger partial charge on any atom is -0.452 e. The maximum Gasteiger partial charge on any atom is 0.331 e. The normalized spacial score (nSPS) is 16.1. The Morgan fingerprint density at radius 3 is 2.33 bits per heavy atom. The Bertz CT molecular complexity index is 826. The van der Waals surface area contributed by atoms with Gasteiger partial charge in [-0.05, 0) is 31.2 Å². The second-order valence-corrected chi connectivity index (χ2v) is 7.67. The Morgan fingerprint density at radius 1 is 1.11 bits per heavy atom. The smallest absolute Gasteiger partial charge is 0.331 e. The largest absolute Gasteiger partial charge is 0.452 e. The van der Waals surface area contributed by atoms with Crippen LogP contribution in [0.3, 0.4) is 0 Å². The number of rotatable bonds is 6. The zero-order valence-corrected chi connectivity index (χ0v) is 15.7. The van der Waals surface area contributed by atoms with Crippen molar-refractivity contribution < 1.29 is 27.1 Å². The van der Waals surface area contributed by atoms with E-state index in [1.165, 1.54) is 33.5 Å². The van der Waals surface area contributed by atoms with Gasteiger partial charge in [0.05, 0.1) is 4.90 Å². The number of esters is 1. The first-order valence-electron chi connectivity index (χ1n) is 8.34. The molecule has 0 bridgehead atoms. The van der Waals surface area contributed by atoms with Crippen molar-refractivity contribution in [2.45, 2.75) is 11.8 Å². The number of carbonyl (C=O) groups is 2. The lowest BCUT2D eigenvalue weighted by Gasteiger charge is -2.33. The molecule has 0 saturated carbocycles. The Morgan fingerprint density at radius 2 is 1.74 bits per heavy atom. The minimum absolute atomic E-state index is 0.00511. The Labute approximate surface area is 157 Å². The third-order valence-electron chi connectivity index (χ3n) is 3.92. The third kappa shape index (κ3) is 5.73. The van der Waals surface area contributed by atoms with Gasteiger partial charge in [-0.15, -0.1) is 0 Å². The zero-order chi connectivity index (χ0) is 19.9.